The van der Waals surface area contributed by atoms with Crippen LogP contribution in [0, 0.1) is 5.92 Å². The molecular weight excluding hydrogens is 248 g/mol. The average molecular weight is 264 g/mol. The molecule has 6 heteroatoms. The molecule has 0 aliphatic rings. The van der Waals surface area contributed by atoms with Crippen molar-refractivity contribution < 1.29 is 4.74 Å². The van der Waals surface area contributed by atoms with Gasteiger partial charge in [-0.05, 0) is 5.92 Å². The van der Waals surface area contributed by atoms with Gasteiger partial charge in [0.25, 0.3) is 5.19 Å². The summed E-state index contributed by atoms with van der Waals surface area (Å²) in [5, 5.41) is 5.83. The number of anilines is 1. The number of aromatic nitrogens is 3. The third-order valence-electron chi connectivity index (χ3n) is 2.28. The van der Waals surface area contributed by atoms with Gasteiger partial charge in [-0.15, -0.1) is 0 Å². The van der Waals surface area contributed by atoms with Gasteiger partial charge in [0.2, 0.25) is 0 Å². The minimum Gasteiger partial charge on any atom is -0.473 e. The molecule has 0 aromatic carbocycles. The third-order valence-corrected chi connectivity index (χ3v) is 3.08. The zero-order valence-electron chi connectivity index (χ0n) is 10.7. The second-order valence-electron chi connectivity index (χ2n) is 4.27. The maximum absolute atomic E-state index is 5.07. The third kappa shape index (κ3) is 3.16. The number of hydrogen-bond donors (Lipinski definition) is 1. The van der Waals surface area contributed by atoms with Crippen LogP contribution in [0.5, 0.6) is 5.19 Å². The van der Waals surface area contributed by atoms with E-state index in [0.29, 0.717) is 11.1 Å². The zero-order chi connectivity index (χ0) is 13.0. The number of methoxy groups -OCH3 is 1. The van der Waals surface area contributed by atoms with Gasteiger partial charge in [-0.1, -0.05) is 25.2 Å². The van der Waals surface area contributed by atoms with Gasteiger partial charge in [0, 0.05) is 18.0 Å². The highest BCUT2D eigenvalue weighted by molar-refractivity contribution is 7.11. The molecule has 2 aromatic heterocycles. The van der Waals surface area contributed by atoms with Crippen LogP contribution in [-0.4, -0.2) is 28.6 Å². The molecular formula is C12H16N4OS. The van der Waals surface area contributed by atoms with Crippen LogP contribution in [0.2, 0.25) is 0 Å². The summed E-state index contributed by atoms with van der Waals surface area (Å²) in [5.41, 5.74) is 1.61. The number of rotatable bonds is 5. The summed E-state index contributed by atoms with van der Waals surface area (Å²) in [7, 11) is 1.61. The minimum absolute atomic E-state index is 0.572. The first kappa shape index (κ1) is 12.8. The summed E-state index contributed by atoms with van der Waals surface area (Å²) in [5.74, 6) is 1.39. The maximum atomic E-state index is 5.07. The highest BCUT2D eigenvalue weighted by Crippen LogP contribution is 2.25. The lowest BCUT2D eigenvalue weighted by molar-refractivity contribution is 0.412. The van der Waals surface area contributed by atoms with Crippen molar-refractivity contribution in [2.75, 3.05) is 19.0 Å². The molecule has 5 nitrogen and oxygen atoms in total. The van der Waals surface area contributed by atoms with E-state index in [-0.39, 0.29) is 0 Å². The molecule has 0 spiro atoms. The quantitative estimate of drug-likeness (QED) is 0.899. The van der Waals surface area contributed by atoms with E-state index in [1.165, 1.54) is 11.3 Å². The van der Waals surface area contributed by atoms with E-state index in [9.17, 15) is 0 Å². The summed E-state index contributed by atoms with van der Waals surface area (Å²) in [6.45, 7) is 5.19. The van der Waals surface area contributed by atoms with Crippen molar-refractivity contribution in [2.45, 2.75) is 13.8 Å². The molecule has 2 rings (SSSR count). The first-order chi connectivity index (χ1) is 8.69. The molecule has 2 aromatic rings. The second-order valence-corrected chi connectivity index (χ2v) is 5.09. The van der Waals surface area contributed by atoms with E-state index < -0.39 is 0 Å². The summed E-state index contributed by atoms with van der Waals surface area (Å²) >= 11 is 1.45. The van der Waals surface area contributed by atoms with Crippen LogP contribution in [0.15, 0.2) is 17.8 Å². The summed E-state index contributed by atoms with van der Waals surface area (Å²) in [4.78, 5) is 12.7. The van der Waals surface area contributed by atoms with Gasteiger partial charge in [-0.25, -0.2) is 15.0 Å². The average Bonchev–Trinajstić information content (AvgIpc) is 2.85. The van der Waals surface area contributed by atoms with E-state index in [0.717, 1.165) is 23.8 Å². The Morgan fingerprint density at radius 2 is 2.17 bits per heavy atom. The Bertz CT molecular complexity index is 512. The Hall–Kier alpha value is -1.69. The van der Waals surface area contributed by atoms with Crippen molar-refractivity contribution in [3.63, 3.8) is 0 Å². The van der Waals surface area contributed by atoms with E-state index >= 15 is 0 Å². The van der Waals surface area contributed by atoms with E-state index in [2.05, 4.69) is 34.1 Å². The summed E-state index contributed by atoms with van der Waals surface area (Å²) < 4.78 is 5.07. The van der Waals surface area contributed by atoms with Crippen molar-refractivity contribution >= 4 is 17.2 Å². The number of nitrogens with zero attached hydrogens (tertiary/aromatic N) is 3. The fraction of sp³-hybridized carbons (Fsp3) is 0.417. The molecule has 96 valence electrons. The molecule has 0 unspecified atom stereocenters. The largest absolute Gasteiger partial charge is 0.473 e. The maximum Gasteiger partial charge on any atom is 0.273 e. The number of ether oxygens (including phenoxy) is 1. The van der Waals surface area contributed by atoms with E-state index in [4.69, 9.17) is 4.74 Å². The highest BCUT2D eigenvalue weighted by Gasteiger charge is 2.07. The van der Waals surface area contributed by atoms with Gasteiger partial charge in [-0.2, -0.15) is 0 Å². The van der Waals surface area contributed by atoms with Crippen molar-refractivity contribution in [1.82, 2.24) is 15.0 Å². The SMILES string of the molecule is COc1nc(-c2cc(NCC(C)C)ncn2)cs1. The molecule has 0 atom stereocenters. The summed E-state index contributed by atoms with van der Waals surface area (Å²) in [6.07, 6.45) is 1.55. The normalized spacial score (nSPS) is 10.7. The van der Waals surface area contributed by atoms with Gasteiger partial charge >= 0.3 is 0 Å². The van der Waals surface area contributed by atoms with E-state index in [1.54, 1.807) is 13.4 Å². The summed E-state index contributed by atoms with van der Waals surface area (Å²) in [6, 6.07) is 1.90. The Balaban J connectivity index is 2.16. The van der Waals surface area contributed by atoms with Gasteiger partial charge in [0.05, 0.1) is 12.8 Å². The molecule has 0 fully saturated rings. The first-order valence-corrected chi connectivity index (χ1v) is 6.63. The van der Waals surface area contributed by atoms with Gasteiger partial charge in [0.15, 0.2) is 0 Å². The molecule has 2 heterocycles. The molecule has 0 aliphatic carbocycles. The van der Waals surface area contributed by atoms with Crippen LogP contribution in [0.4, 0.5) is 5.82 Å². The zero-order valence-corrected chi connectivity index (χ0v) is 11.5. The second kappa shape index (κ2) is 5.77. The highest BCUT2D eigenvalue weighted by atomic mass is 32.1. The standard InChI is InChI=1S/C12H16N4OS/c1-8(2)5-13-11-4-9(14-7-15-11)10-6-18-12(16-10)17-3/h4,6-8H,5H2,1-3H3,(H,13,14,15). The fourth-order valence-corrected chi connectivity index (χ4v) is 2.00. The van der Waals surface area contributed by atoms with Crippen LogP contribution in [0.25, 0.3) is 11.4 Å². The van der Waals surface area contributed by atoms with Crippen molar-refractivity contribution in [1.29, 1.82) is 0 Å². The van der Waals surface area contributed by atoms with Gasteiger partial charge < -0.3 is 10.1 Å². The van der Waals surface area contributed by atoms with Crippen LogP contribution in [0.3, 0.4) is 0 Å². The molecule has 0 amide bonds. The lowest BCUT2D eigenvalue weighted by Crippen LogP contribution is -2.09. The monoisotopic (exact) mass is 264 g/mol. The van der Waals surface area contributed by atoms with Crippen molar-refractivity contribution in [2.24, 2.45) is 5.92 Å². The molecule has 1 N–H and O–H groups in total. The molecule has 0 bridgehead atoms. The topological polar surface area (TPSA) is 59.9 Å². The van der Waals surface area contributed by atoms with Crippen molar-refractivity contribution in [3.8, 4) is 16.6 Å². The Morgan fingerprint density at radius 3 is 2.83 bits per heavy atom. The Labute approximate surface area is 110 Å². The fourth-order valence-electron chi connectivity index (χ4n) is 1.37. The number of nitrogens with one attached hydrogen (secondary N) is 1. The van der Waals surface area contributed by atoms with Gasteiger partial charge in [0.1, 0.15) is 17.8 Å². The van der Waals surface area contributed by atoms with Crippen LogP contribution >= 0.6 is 11.3 Å². The molecule has 0 saturated heterocycles. The first-order valence-electron chi connectivity index (χ1n) is 5.75. The van der Waals surface area contributed by atoms with Crippen molar-refractivity contribution in [3.05, 3.63) is 17.8 Å². The lowest BCUT2D eigenvalue weighted by Gasteiger charge is -2.08. The van der Waals surface area contributed by atoms with Crippen LogP contribution in [0.1, 0.15) is 13.8 Å². The smallest absolute Gasteiger partial charge is 0.273 e. The molecule has 0 aliphatic heterocycles. The minimum atomic E-state index is 0.572. The number of hydrogen-bond acceptors (Lipinski definition) is 6. The molecule has 0 radical (unpaired) electrons. The van der Waals surface area contributed by atoms with Crippen LogP contribution in [-0.2, 0) is 0 Å². The van der Waals surface area contributed by atoms with E-state index in [1.807, 2.05) is 11.4 Å². The van der Waals surface area contributed by atoms with Gasteiger partial charge in [-0.3, -0.25) is 0 Å². The van der Waals surface area contributed by atoms with Crippen LogP contribution < -0.4 is 10.1 Å². The predicted molar refractivity (Wildman–Crippen MR) is 73.0 cm³/mol. The molecule has 18 heavy (non-hydrogen) atoms. The lowest BCUT2D eigenvalue weighted by atomic mass is 10.2. The Kier molecular flexibility index (Phi) is 4.09. The Morgan fingerprint density at radius 1 is 1.33 bits per heavy atom. The molecule has 0 saturated carbocycles. The predicted octanol–water partition coefficient (Wildman–Crippen LogP) is 2.68. The number of thiazole rings is 1.